The number of carbonyl (C=O) groups excluding carboxylic acids is 2. The minimum Gasteiger partial charge on any atom is -0.349 e. The van der Waals surface area contributed by atoms with E-state index < -0.39 is 11.7 Å². The van der Waals surface area contributed by atoms with Crippen LogP contribution in [0.3, 0.4) is 0 Å². The van der Waals surface area contributed by atoms with Gasteiger partial charge >= 0.3 is 5.69 Å². The average molecular weight is 488 g/mol. The number of fused-ring (bicyclic) bond motifs is 3. The van der Waals surface area contributed by atoms with Crippen LogP contribution in [-0.2, 0) is 7.05 Å². The van der Waals surface area contributed by atoms with E-state index >= 15 is 0 Å². The number of nitrogens with one attached hydrogen (secondary N) is 1. The molecule has 4 aromatic rings. The molecule has 1 N–H and O–H groups in total. The number of carbonyl (C=O) groups is 2. The summed E-state index contributed by atoms with van der Waals surface area (Å²) in [6, 6.07) is 9.37. The van der Waals surface area contributed by atoms with Gasteiger partial charge in [0.1, 0.15) is 6.04 Å². The number of rotatable bonds is 5. The van der Waals surface area contributed by atoms with Crippen molar-refractivity contribution in [1.29, 1.82) is 0 Å². The van der Waals surface area contributed by atoms with E-state index in [2.05, 4.69) is 10.4 Å². The molecule has 0 radical (unpaired) electrons. The first-order valence-corrected chi connectivity index (χ1v) is 12.2. The van der Waals surface area contributed by atoms with Gasteiger partial charge in [0.2, 0.25) is 5.78 Å². The van der Waals surface area contributed by atoms with Gasteiger partial charge in [-0.2, -0.15) is 0 Å². The Morgan fingerprint density at radius 3 is 2.39 bits per heavy atom. The third-order valence-corrected chi connectivity index (χ3v) is 7.35. The van der Waals surface area contributed by atoms with Crippen molar-refractivity contribution in [2.45, 2.75) is 58.5 Å². The molecule has 1 aliphatic rings. The molecule has 0 saturated heterocycles. The molecule has 186 valence electrons. The molecule has 1 amide bonds. The van der Waals surface area contributed by atoms with Gasteiger partial charge in [-0.25, -0.2) is 13.9 Å². The largest absolute Gasteiger partial charge is 0.352 e. The predicted octanol–water partition coefficient (Wildman–Crippen LogP) is 3.08. The van der Waals surface area contributed by atoms with Crippen LogP contribution in [0, 0.1) is 13.8 Å². The third kappa shape index (κ3) is 3.84. The SMILES string of the molecule is Cc1ccc(C(=O)C(C)n2nc3n(C)c(=O)c4ccc(C(=O)NC5CCCC5)cc4n3c2=O)cc1C. The van der Waals surface area contributed by atoms with E-state index in [-0.39, 0.29) is 40.0 Å². The van der Waals surface area contributed by atoms with Gasteiger partial charge < -0.3 is 5.32 Å². The lowest BCUT2D eigenvalue weighted by molar-refractivity contribution is 0.0922. The lowest BCUT2D eigenvalue weighted by Gasteiger charge is -2.12. The maximum Gasteiger partial charge on any atom is 0.352 e. The van der Waals surface area contributed by atoms with Crippen LogP contribution < -0.4 is 16.6 Å². The van der Waals surface area contributed by atoms with E-state index in [1.165, 1.54) is 16.0 Å². The van der Waals surface area contributed by atoms with Gasteiger partial charge in [0.15, 0.2) is 5.78 Å². The van der Waals surface area contributed by atoms with Crippen LogP contribution in [0.5, 0.6) is 0 Å². The molecule has 0 bridgehead atoms. The second-order valence-electron chi connectivity index (χ2n) is 9.75. The summed E-state index contributed by atoms with van der Waals surface area (Å²) in [5, 5.41) is 7.70. The van der Waals surface area contributed by atoms with Crippen LogP contribution in [0.1, 0.15) is 70.5 Å². The van der Waals surface area contributed by atoms with Crippen molar-refractivity contribution in [1.82, 2.24) is 24.1 Å². The van der Waals surface area contributed by atoms with E-state index in [0.29, 0.717) is 11.1 Å². The van der Waals surface area contributed by atoms with Gasteiger partial charge in [0.25, 0.3) is 11.5 Å². The highest BCUT2D eigenvalue weighted by molar-refractivity contribution is 5.99. The van der Waals surface area contributed by atoms with Crippen molar-refractivity contribution in [2.24, 2.45) is 7.05 Å². The van der Waals surface area contributed by atoms with Crippen molar-refractivity contribution >= 4 is 28.4 Å². The molecule has 2 aromatic carbocycles. The molecule has 9 nitrogen and oxygen atoms in total. The maximum absolute atomic E-state index is 13.6. The molecule has 0 spiro atoms. The molecule has 1 unspecified atom stereocenters. The Labute approximate surface area is 207 Å². The Bertz CT molecular complexity index is 1650. The molecule has 0 aliphatic heterocycles. The van der Waals surface area contributed by atoms with Crippen molar-refractivity contribution in [3.8, 4) is 0 Å². The molecule has 5 rings (SSSR count). The number of amides is 1. The number of aryl methyl sites for hydroxylation is 3. The van der Waals surface area contributed by atoms with Crippen molar-refractivity contribution in [3.63, 3.8) is 0 Å². The minimum absolute atomic E-state index is 0.102. The summed E-state index contributed by atoms with van der Waals surface area (Å²) in [5.41, 5.74) is 2.29. The first-order chi connectivity index (χ1) is 17.2. The molecule has 2 aromatic heterocycles. The fourth-order valence-electron chi connectivity index (χ4n) is 4.95. The van der Waals surface area contributed by atoms with Crippen LogP contribution in [0.15, 0.2) is 46.0 Å². The first-order valence-electron chi connectivity index (χ1n) is 12.2. The summed E-state index contributed by atoms with van der Waals surface area (Å²) in [6.07, 6.45) is 4.07. The van der Waals surface area contributed by atoms with Gasteiger partial charge in [-0.1, -0.05) is 25.0 Å². The summed E-state index contributed by atoms with van der Waals surface area (Å²) in [7, 11) is 1.53. The van der Waals surface area contributed by atoms with Crippen molar-refractivity contribution in [3.05, 3.63) is 79.5 Å². The Hall–Kier alpha value is -4.01. The van der Waals surface area contributed by atoms with Crippen LogP contribution in [0.2, 0.25) is 0 Å². The maximum atomic E-state index is 13.6. The zero-order chi connectivity index (χ0) is 25.7. The summed E-state index contributed by atoms with van der Waals surface area (Å²) < 4.78 is 3.69. The van der Waals surface area contributed by atoms with Crippen molar-refractivity contribution in [2.75, 3.05) is 0 Å². The van der Waals surface area contributed by atoms with E-state index in [1.807, 2.05) is 19.9 Å². The Morgan fingerprint density at radius 1 is 1.00 bits per heavy atom. The third-order valence-electron chi connectivity index (χ3n) is 7.35. The smallest absolute Gasteiger partial charge is 0.349 e. The molecule has 1 aliphatic carbocycles. The van der Waals surface area contributed by atoms with Crippen LogP contribution >= 0.6 is 0 Å². The van der Waals surface area contributed by atoms with Crippen molar-refractivity contribution < 1.29 is 9.59 Å². The Morgan fingerprint density at radius 2 is 1.69 bits per heavy atom. The molecule has 9 heteroatoms. The highest BCUT2D eigenvalue weighted by Crippen LogP contribution is 2.20. The Balaban J connectivity index is 1.62. The summed E-state index contributed by atoms with van der Waals surface area (Å²) in [4.78, 5) is 52.7. The molecular weight excluding hydrogens is 458 g/mol. The highest BCUT2D eigenvalue weighted by Gasteiger charge is 2.25. The van der Waals surface area contributed by atoms with Crippen LogP contribution in [-0.4, -0.2) is 36.5 Å². The van der Waals surface area contributed by atoms with Gasteiger partial charge in [-0.15, -0.1) is 5.10 Å². The molecule has 36 heavy (non-hydrogen) atoms. The number of hydrogen-bond donors (Lipinski definition) is 1. The Kier molecular flexibility index (Phi) is 5.86. The molecule has 1 fully saturated rings. The lowest BCUT2D eigenvalue weighted by Crippen LogP contribution is -2.33. The van der Waals surface area contributed by atoms with E-state index in [1.54, 1.807) is 37.3 Å². The molecule has 2 heterocycles. The first kappa shape index (κ1) is 23.7. The van der Waals surface area contributed by atoms with E-state index in [4.69, 9.17) is 0 Å². The summed E-state index contributed by atoms with van der Waals surface area (Å²) >= 11 is 0. The van der Waals surface area contributed by atoms with Gasteiger partial charge in [-0.3, -0.25) is 19.0 Å². The number of benzene rings is 2. The number of ketones is 1. The topological polar surface area (TPSA) is 107 Å². The second kappa shape index (κ2) is 8.89. The van der Waals surface area contributed by atoms with Crippen LogP contribution in [0.4, 0.5) is 0 Å². The number of hydrogen-bond acceptors (Lipinski definition) is 5. The number of nitrogens with zero attached hydrogens (tertiary/aromatic N) is 4. The lowest BCUT2D eigenvalue weighted by atomic mass is 10.0. The van der Waals surface area contributed by atoms with E-state index in [9.17, 15) is 19.2 Å². The molecule has 1 saturated carbocycles. The standard InChI is InChI=1S/C27H29N5O4/c1-15-9-10-18(13-16(15)2)23(33)17(3)32-27(36)31-22-14-19(24(34)28-20-7-5-6-8-20)11-12-21(22)25(35)30(4)26(31)29-32/h9-14,17,20H,5-8H2,1-4H3,(H,28,34). The average Bonchev–Trinajstić information content (AvgIpc) is 3.50. The second-order valence-corrected chi connectivity index (χ2v) is 9.75. The normalized spacial score (nSPS) is 15.0. The number of aromatic nitrogens is 4. The quantitative estimate of drug-likeness (QED) is 0.436. The highest BCUT2D eigenvalue weighted by atomic mass is 16.2. The molecular formula is C27H29N5O4. The zero-order valence-corrected chi connectivity index (χ0v) is 20.9. The van der Waals surface area contributed by atoms with Crippen LogP contribution in [0.25, 0.3) is 16.7 Å². The van der Waals surface area contributed by atoms with Gasteiger partial charge in [0, 0.05) is 24.2 Å². The molecule has 1 atom stereocenters. The predicted molar refractivity (Wildman–Crippen MR) is 137 cm³/mol. The summed E-state index contributed by atoms with van der Waals surface area (Å²) in [6.45, 7) is 5.51. The number of Topliss-reactive ketones (excluding diaryl/α,β-unsaturated/α-hetero) is 1. The monoisotopic (exact) mass is 487 g/mol. The van der Waals surface area contributed by atoms with Gasteiger partial charge in [0.05, 0.1) is 10.9 Å². The van der Waals surface area contributed by atoms with E-state index in [0.717, 1.165) is 41.5 Å². The zero-order valence-electron chi connectivity index (χ0n) is 20.9. The minimum atomic E-state index is -0.890. The fraction of sp³-hybridized carbons (Fsp3) is 0.370. The van der Waals surface area contributed by atoms with Gasteiger partial charge in [-0.05, 0) is 69.0 Å². The fourth-order valence-corrected chi connectivity index (χ4v) is 4.95. The summed E-state index contributed by atoms with van der Waals surface area (Å²) in [5.74, 6) is -0.392.